The number of alkyl halides is 1. The maximum atomic E-state index is 13.4. The van der Waals surface area contributed by atoms with E-state index in [2.05, 4.69) is 9.44 Å². The lowest BCUT2D eigenvalue weighted by Gasteiger charge is -2.36. The van der Waals surface area contributed by atoms with Gasteiger partial charge in [0.25, 0.3) is 0 Å². The summed E-state index contributed by atoms with van der Waals surface area (Å²) >= 11 is 5.90. The quantitative estimate of drug-likeness (QED) is 0.326. The number of halogens is 1. The number of rotatable bonds is 10. The van der Waals surface area contributed by atoms with Gasteiger partial charge in [0.15, 0.2) is 0 Å². The Hall–Kier alpha value is -3.03. The van der Waals surface area contributed by atoms with Crippen LogP contribution < -0.4 is 9.44 Å². The van der Waals surface area contributed by atoms with Crippen LogP contribution in [0.1, 0.15) is 31.7 Å². The summed E-state index contributed by atoms with van der Waals surface area (Å²) in [6.45, 7) is 2.97. The lowest BCUT2D eigenvalue weighted by molar-refractivity contribution is -0.144. The van der Waals surface area contributed by atoms with Crippen molar-refractivity contribution in [3.8, 4) is 0 Å². The molecule has 2 amide bonds. The molecule has 0 radical (unpaired) electrons. The number of benzene rings is 3. The Morgan fingerprint density at radius 1 is 0.930 bits per heavy atom. The van der Waals surface area contributed by atoms with Gasteiger partial charge in [-0.05, 0) is 78.8 Å². The van der Waals surface area contributed by atoms with Crippen molar-refractivity contribution < 1.29 is 26.4 Å². The number of piperidine rings is 1. The van der Waals surface area contributed by atoms with E-state index in [1.165, 1.54) is 23.1 Å². The molecule has 0 saturated carbocycles. The van der Waals surface area contributed by atoms with Gasteiger partial charge < -0.3 is 9.80 Å². The number of fused-ring (bicyclic) bond motifs is 1. The van der Waals surface area contributed by atoms with Crippen LogP contribution in [0.15, 0.2) is 76.5 Å². The van der Waals surface area contributed by atoms with Crippen molar-refractivity contribution in [1.82, 2.24) is 19.2 Å². The van der Waals surface area contributed by atoms with Crippen molar-refractivity contribution in [2.75, 3.05) is 26.2 Å². The summed E-state index contributed by atoms with van der Waals surface area (Å²) < 4.78 is 56.8. The van der Waals surface area contributed by atoms with Gasteiger partial charge in [-0.3, -0.25) is 9.59 Å². The molecule has 2 aliphatic rings. The Morgan fingerprint density at radius 3 is 2.40 bits per heavy atom. The minimum absolute atomic E-state index is 0.0521. The Morgan fingerprint density at radius 2 is 1.65 bits per heavy atom. The number of carbonyl (C=O) groups is 2. The molecule has 3 aromatic rings. The summed E-state index contributed by atoms with van der Waals surface area (Å²) in [6, 6.07) is 16.7. The lowest BCUT2D eigenvalue weighted by Crippen LogP contribution is -2.53. The van der Waals surface area contributed by atoms with E-state index in [0.29, 0.717) is 25.4 Å². The van der Waals surface area contributed by atoms with Crippen LogP contribution in [0.5, 0.6) is 0 Å². The second-order valence-electron chi connectivity index (χ2n) is 11.1. The second-order valence-corrected chi connectivity index (χ2v) is 14.9. The summed E-state index contributed by atoms with van der Waals surface area (Å²) in [5.74, 6) is -0.395. The van der Waals surface area contributed by atoms with Crippen LogP contribution >= 0.6 is 11.6 Å². The highest BCUT2D eigenvalue weighted by Gasteiger charge is 2.40. The minimum atomic E-state index is -3.99. The molecule has 2 saturated heterocycles. The fraction of sp³-hybridized carbons (Fsp3) is 0.400. The maximum Gasteiger partial charge on any atom is 0.245 e. The number of nitrogens with zero attached hydrogens (tertiary/aromatic N) is 2. The lowest BCUT2D eigenvalue weighted by atomic mass is 9.97. The number of carbonyl (C=O) groups excluding carboxylic acids is 2. The van der Waals surface area contributed by atoms with Crippen molar-refractivity contribution in [2.24, 2.45) is 5.92 Å². The molecule has 0 aromatic heterocycles. The molecule has 2 N–H and O–H groups in total. The van der Waals surface area contributed by atoms with Gasteiger partial charge in [0.1, 0.15) is 12.1 Å². The first-order valence-electron chi connectivity index (χ1n) is 14.2. The fourth-order valence-electron chi connectivity index (χ4n) is 5.71. The van der Waals surface area contributed by atoms with Gasteiger partial charge in [-0.1, -0.05) is 36.4 Å². The topological polar surface area (TPSA) is 133 Å². The smallest absolute Gasteiger partial charge is 0.245 e. The summed E-state index contributed by atoms with van der Waals surface area (Å²) in [5.41, 5.74) is 0.927. The monoisotopic (exact) mass is 646 g/mol. The van der Waals surface area contributed by atoms with Gasteiger partial charge in [-0.2, -0.15) is 4.72 Å². The van der Waals surface area contributed by atoms with E-state index in [4.69, 9.17) is 11.6 Å². The van der Waals surface area contributed by atoms with E-state index < -0.39 is 38.0 Å². The van der Waals surface area contributed by atoms with Gasteiger partial charge >= 0.3 is 0 Å². The molecular weight excluding hydrogens is 612 g/mol. The normalized spacial score (nSPS) is 20.5. The predicted molar refractivity (Wildman–Crippen MR) is 164 cm³/mol. The van der Waals surface area contributed by atoms with Gasteiger partial charge in [0.2, 0.25) is 31.9 Å². The fourth-order valence-corrected chi connectivity index (χ4v) is 8.28. The van der Waals surface area contributed by atoms with Crippen LogP contribution in [0.2, 0.25) is 0 Å². The number of sulfonamides is 2. The molecule has 0 spiro atoms. The van der Waals surface area contributed by atoms with Crippen LogP contribution in [-0.4, -0.2) is 76.7 Å². The molecule has 2 fully saturated rings. The van der Waals surface area contributed by atoms with E-state index in [1.807, 2.05) is 18.2 Å². The molecule has 0 bridgehead atoms. The third kappa shape index (κ3) is 7.04. The molecule has 43 heavy (non-hydrogen) atoms. The van der Waals surface area contributed by atoms with Gasteiger partial charge in [-0.15, -0.1) is 11.6 Å². The first-order valence-corrected chi connectivity index (χ1v) is 17.7. The zero-order valence-electron chi connectivity index (χ0n) is 23.8. The van der Waals surface area contributed by atoms with E-state index in [0.717, 1.165) is 22.8 Å². The molecule has 3 unspecified atom stereocenters. The first kappa shape index (κ1) is 31.4. The third-order valence-electron chi connectivity index (χ3n) is 8.15. The number of likely N-dealkylation sites (tertiary alicyclic amines) is 2. The highest BCUT2D eigenvalue weighted by Crippen LogP contribution is 2.24. The Kier molecular flexibility index (Phi) is 9.43. The summed E-state index contributed by atoms with van der Waals surface area (Å²) in [5, 5.41) is 1.60. The van der Waals surface area contributed by atoms with Crippen molar-refractivity contribution in [2.45, 2.75) is 53.9 Å². The van der Waals surface area contributed by atoms with E-state index in [-0.39, 0.29) is 41.1 Å². The molecule has 0 aliphatic carbocycles. The van der Waals surface area contributed by atoms with E-state index in [1.54, 1.807) is 42.2 Å². The van der Waals surface area contributed by atoms with Crippen LogP contribution in [0, 0.1) is 5.92 Å². The van der Waals surface area contributed by atoms with Gasteiger partial charge in [0.05, 0.1) is 9.79 Å². The molecule has 2 heterocycles. The summed E-state index contributed by atoms with van der Waals surface area (Å²) in [7, 11) is -7.65. The standard InChI is InChI=1S/C30H35ClN4O6S2/c1-21(29(36)34-14-5-6-23(20-34)19-32-42(38,39)26-7-3-2-4-8-26)35-15-13-28(30(35)37)33-43(40,41)27-12-11-24-16-22(18-31)9-10-25(24)17-27/h2-4,7-12,16-17,21,23,28,32-33H,5-6,13-15,18-20H2,1H3. The van der Waals surface area contributed by atoms with Crippen LogP contribution in [0.25, 0.3) is 10.8 Å². The van der Waals surface area contributed by atoms with Crippen LogP contribution in [0.4, 0.5) is 0 Å². The molecule has 3 atom stereocenters. The first-order chi connectivity index (χ1) is 20.5. The Bertz CT molecular complexity index is 1720. The number of amides is 2. The third-order valence-corrected chi connectivity index (χ3v) is 11.4. The van der Waals surface area contributed by atoms with Crippen molar-refractivity contribution in [3.63, 3.8) is 0 Å². The van der Waals surface area contributed by atoms with Crippen LogP contribution in [-0.2, 0) is 35.5 Å². The highest BCUT2D eigenvalue weighted by atomic mass is 35.5. The summed E-state index contributed by atoms with van der Waals surface area (Å²) in [4.78, 5) is 30.0. The predicted octanol–water partition coefficient (Wildman–Crippen LogP) is 3.06. The van der Waals surface area contributed by atoms with Crippen molar-refractivity contribution in [1.29, 1.82) is 0 Å². The zero-order valence-corrected chi connectivity index (χ0v) is 26.2. The van der Waals surface area contributed by atoms with Gasteiger partial charge in [0, 0.05) is 32.1 Å². The van der Waals surface area contributed by atoms with Crippen LogP contribution in [0.3, 0.4) is 0 Å². The Labute approximate surface area is 257 Å². The average Bonchev–Trinajstić information content (AvgIpc) is 3.38. The number of nitrogens with one attached hydrogen (secondary N) is 2. The largest absolute Gasteiger partial charge is 0.341 e. The molecule has 13 heteroatoms. The molecule has 3 aromatic carbocycles. The zero-order chi connectivity index (χ0) is 30.8. The van der Waals surface area contributed by atoms with Gasteiger partial charge in [-0.25, -0.2) is 21.6 Å². The second kappa shape index (κ2) is 12.9. The van der Waals surface area contributed by atoms with E-state index >= 15 is 0 Å². The molecule has 5 rings (SSSR count). The van der Waals surface area contributed by atoms with E-state index in [9.17, 15) is 26.4 Å². The molecule has 2 aliphatic heterocycles. The van der Waals surface area contributed by atoms with Crippen molar-refractivity contribution >= 4 is 54.2 Å². The Balaban J connectivity index is 1.18. The summed E-state index contributed by atoms with van der Waals surface area (Å²) in [6.07, 6.45) is 1.72. The molecular formula is C30H35ClN4O6S2. The minimum Gasteiger partial charge on any atom is -0.341 e. The SMILES string of the molecule is CC(C(=O)N1CCCC(CNS(=O)(=O)c2ccccc2)C1)N1CCC(NS(=O)(=O)c2ccc3cc(CCl)ccc3c2)C1=O. The molecule has 230 valence electrons. The number of hydrogen-bond donors (Lipinski definition) is 2. The maximum absolute atomic E-state index is 13.4. The van der Waals surface area contributed by atoms with Crippen molar-refractivity contribution in [3.05, 3.63) is 72.3 Å². The molecule has 10 nitrogen and oxygen atoms in total. The average molecular weight is 647 g/mol. The number of hydrogen-bond acceptors (Lipinski definition) is 6. The highest BCUT2D eigenvalue weighted by molar-refractivity contribution is 7.89.